The quantitative estimate of drug-likeness (QED) is 0.296. The number of ether oxygens (including phenoxy) is 1. The predicted molar refractivity (Wildman–Crippen MR) is 147 cm³/mol. The topological polar surface area (TPSA) is 65.0 Å². The molecule has 0 bridgehead atoms. The summed E-state index contributed by atoms with van der Waals surface area (Å²) in [6, 6.07) is 4.17. The number of morpholine rings is 1. The van der Waals surface area contributed by atoms with E-state index in [4.69, 9.17) is 9.73 Å². The Labute approximate surface area is 217 Å². The molecule has 2 N–H and O–H groups in total. The number of hydrogen-bond donors (Lipinski definition) is 2. The lowest BCUT2D eigenvalue weighted by Gasteiger charge is -2.48. The minimum atomic E-state index is 0. The second-order valence-corrected chi connectivity index (χ2v) is 9.47. The minimum absolute atomic E-state index is 0. The minimum Gasteiger partial charge on any atom is -0.378 e. The van der Waals surface area contributed by atoms with Crippen molar-refractivity contribution in [2.45, 2.75) is 70.4 Å². The molecule has 1 aromatic rings. The fourth-order valence-corrected chi connectivity index (χ4v) is 5.55. The SMILES string of the molecule is CCNC(=NCc1cccnc1N1CCOCC1)NCC1(N2CCCCC2)CCCCC1.I. The van der Waals surface area contributed by atoms with Crippen molar-refractivity contribution in [1.82, 2.24) is 20.5 Å². The monoisotopic (exact) mass is 570 g/mol. The Bertz CT molecular complexity index is 727. The maximum absolute atomic E-state index is 5.52. The number of aliphatic imine (C=N–C) groups is 1. The Hall–Kier alpha value is -1.13. The molecule has 186 valence electrons. The van der Waals surface area contributed by atoms with Gasteiger partial charge in [0.1, 0.15) is 5.82 Å². The fourth-order valence-electron chi connectivity index (χ4n) is 5.55. The van der Waals surface area contributed by atoms with Crippen LogP contribution in [0, 0.1) is 0 Å². The van der Waals surface area contributed by atoms with Gasteiger partial charge in [0.2, 0.25) is 0 Å². The number of rotatable bonds is 7. The molecule has 2 saturated heterocycles. The molecule has 8 heteroatoms. The predicted octanol–water partition coefficient (Wildman–Crippen LogP) is 3.78. The van der Waals surface area contributed by atoms with E-state index < -0.39 is 0 Å². The number of anilines is 1. The summed E-state index contributed by atoms with van der Waals surface area (Å²) in [5.74, 6) is 1.97. The van der Waals surface area contributed by atoms with Crippen LogP contribution in [0.4, 0.5) is 5.82 Å². The molecule has 0 unspecified atom stereocenters. The van der Waals surface area contributed by atoms with Crippen LogP contribution in [0.2, 0.25) is 0 Å². The first-order valence-corrected chi connectivity index (χ1v) is 12.8. The molecule has 3 fully saturated rings. The number of aromatic nitrogens is 1. The van der Waals surface area contributed by atoms with Crippen LogP contribution in [0.3, 0.4) is 0 Å². The van der Waals surface area contributed by atoms with Crippen LogP contribution in [-0.2, 0) is 11.3 Å². The normalized spacial score (nSPS) is 21.8. The summed E-state index contributed by atoms with van der Waals surface area (Å²) < 4.78 is 5.52. The van der Waals surface area contributed by atoms with Gasteiger partial charge in [0.05, 0.1) is 19.8 Å². The van der Waals surface area contributed by atoms with Gasteiger partial charge < -0.3 is 20.3 Å². The Morgan fingerprint density at radius 3 is 2.48 bits per heavy atom. The van der Waals surface area contributed by atoms with E-state index in [0.717, 1.165) is 51.2 Å². The number of guanidine groups is 1. The molecular formula is C25H43IN6O. The highest BCUT2D eigenvalue weighted by Gasteiger charge is 2.38. The molecule has 1 aliphatic carbocycles. The van der Waals surface area contributed by atoms with E-state index in [1.54, 1.807) is 0 Å². The Balaban J connectivity index is 0.00000306. The molecule has 2 aliphatic heterocycles. The average molecular weight is 571 g/mol. The molecule has 0 aromatic carbocycles. The highest BCUT2D eigenvalue weighted by atomic mass is 127. The zero-order chi connectivity index (χ0) is 22.1. The largest absolute Gasteiger partial charge is 0.378 e. The highest BCUT2D eigenvalue weighted by Crippen LogP contribution is 2.35. The Kier molecular flexibility index (Phi) is 11.0. The van der Waals surface area contributed by atoms with Gasteiger partial charge in [0.15, 0.2) is 5.96 Å². The van der Waals surface area contributed by atoms with E-state index in [9.17, 15) is 0 Å². The second-order valence-electron chi connectivity index (χ2n) is 9.47. The van der Waals surface area contributed by atoms with Gasteiger partial charge in [-0.2, -0.15) is 0 Å². The molecule has 3 heterocycles. The van der Waals surface area contributed by atoms with Crippen molar-refractivity contribution in [1.29, 1.82) is 0 Å². The lowest BCUT2D eigenvalue weighted by Crippen LogP contribution is -2.59. The molecule has 0 atom stereocenters. The third-order valence-corrected chi connectivity index (χ3v) is 7.33. The molecule has 0 radical (unpaired) electrons. The van der Waals surface area contributed by atoms with Crippen molar-refractivity contribution < 1.29 is 4.74 Å². The lowest BCUT2D eigenvalue weighted by atomic mass is 9.79. The summed E-state index contributed by atoms with van der Waals surface area (Å²) in [4.78, 5) is 14.8. The molecule has 1 saturated carbocycles. The maximum Gasteiger partial charge on any atom is 0.191 e. The van der Waals surface area contributed by atoms with Crippen molar-refractivity contribution in [3.8, 4) is 0 Å². The van der Waals surface area contributed by atoms with Gasteiger partial charge in [-0.3, -0.25) is 4.90 Å². The summed E-state index contributed by atoms with van der Waals surface area (Å²) in [6.45, 7) is 10.5. The van der Waals surface area contributed by atoms with Gasteiger partial charge in [-0.25, -0.2) is 9.98 Å². The van der Waals surface area contributed by atoms with Crippen LogP contribution in [0.1, 0.15) is 63.9 Å². The van der Waals surface area contributed by atoms with Crippen LogP contribution >= 0.6 is 24.0 Å². The number of likely N-dealkylation sites (tertiary alicyclic amines) is 1. The summed E-state index contributed by atoms with van der Waals surface area (Å²) in [5, 5.41) is 7.22. The van der Waals surface area contributed by atoms with Crippen LogP contribution in [0.25, 0.3) is 0 Å². The number of hydrogen-bond acceptors (Lipinski definition) is 5. The van der Waals surface area contributed by atoms with E-state index in [0.29, 0.717) is 12.1 Å². The van der Waals surface area contributed by atoms with Gasteiger partial charge in [-0.15, -0.1) is 24.0 Å². The fraction of sp³-hybridized carbons (Fsp3) is 0.760. The maximum atomic E-state index is 5.52. The van der Waals surface area contributed by atoms with E-state index in [1.807, 2.05) is 12.3 Å². The molecule has 0 amide bonds. The zero-order valence-corrected chi connectivity index (χ0v) is 22.7. The molecule has 3 aliphatic rings. The van der Waals surface area contributed by atoms with Crippen LogP contribution in [0.5, 0.6) is 0 Å². The van der Waals surface area contributed by atoms with Crippen molar-refractivity contribution in [2.24, 2.45) is 4.99 Å². The van der Waals surface area contributed by atoms with Crippen LogP contribution in [-0.4, -0.2) is 73.9 Å². The van der Waals surface area contributed by atoms with Crippen LogP contribution < -0.4 is 15.5 Å². The molecule has 33 heavy (non-hydrogen) atoms. The summed E-state index contributed by atoms with van der Waals surface area (Å²) in [6.07, 6.45) is 12.7. The van der Waals surface area contributed by atoms with E-state index in [-0.39, 0.29) is 24.0 Å². The van der Waals surface area contributed by atoms with Gasteiger partial charge >= 0.3 is 0 Å². The first kappa shape index (κ1) is 26.5. The van der Waals surface area contributed by atoms with E-state index in [2.05, 4.69) is 38.4 Å². The van der Waals surface area contributed by atoms with E-state index in [1.165, 1.54) is 70.0 Å². The number of nitrogens with zero attached hydrogens (tertiary/aromatic N) is 4. The Morgan fingerprint density at radius 2 is 1.76 bits per heavy atom. The number of piperidine rings is 1. The number of nitrogens with one attached hydrogen (secondary N) is 2. The third kappa shape index (κ3) is 7.18. The summed E-state index contributed by atoms with van der Waals surface area (Å²) >= 11 is 0. The van der Waals surface area contributed by atoms with E-state index >= 15 is 0 Å². The van der Waals surface area contributed by atoms with Gasteiger partial charge in [-0.1, -0.05) is 31.7 Å². The molecule has 4 rings (SSSR count). The summed E-state index contributed by atoms with van der Waals surface area (Å²) in [5.41, 5.74) is 1.47. The molecule has 7 nitrogen and oxygen atoms in total. The average Bonchev–Trinajstić information content (AvgIpc) is 2.87. The van der Waals surface area contributed by atoms with Crippen molar-refractivity contribution >= 4 is 35.8 Å². The molecule has 1 aromatic heterocycles. The smallest absolute Gasteiger partial charge is 0.191 e. The summed E-state index contributed by atoms with van der Waals surface area (Å²) in [7, 11) is 0. The number of pyridine rings is 1. The van der Waals surface area contributed by atoms with Crippen molar-refractivity contribution in [3.05, 3.63) is 23.9 Å². The first-order valence-electron chi connectivity index (χ1n) is 12.8. The standard InChI is InChI=1S/C25H42N6O.HI/c1-2-26-24(28-20-22-10-9-13-27-23(22)30-16-18-32-19-17-30)29-21-25(11-5-3-6-12-25)31-14-7-4-8-15-31;/h9-10,13H,2-8,11-12,14-21H2,1H3,(H2,26,28,29);1H. The highest BCUT2D eigenvalue weighted by molar-refractivity contribution is 14.0. The third-order valence-electron chi connectivity index (χ3n) is 7.33. The lowest BCUT2D eigenvalue weighted by molar-refractivity contribution is 0.0368. The van der Waals surface area contributed by atoms with Crippen molar-refractivity contribution in [3.63, 3.8) is 0 Å². The van der Waals surface area contributed by atoms with Gasteiger partial charge in [-0.05, 0) is 51.8 Å². The van der Waals surface area contributed by atoms with Crippen molar-refractivity contribution in [2.75, 3.05) is 57.4 Å². The first-order chi connectivity index (χ1) is 15.8. The Morgan fingerprint density at radius 1 is 1.03 bits per heavy atom. The second kappa shape index (κ2) is 13.7. The van der Waals surface area contributed by atoms with Crippen LogP contribution in [0.15, 0.2) is 23.3 Å². The molecule has 0 spiro atoms. The van der Waals surface area contributed by atoms with Gasteiger partial charge in [0, 0.05) is 43.5 Å². The van der Waals surface area contributed by atoms with Gasteiger partial charge in [0.25, 0.3) is 0 Å². The zero-order valence-electron chi connectivity index (χ0n) is 20.4. The molecular weight excluding hydrogens is 527 g/mol. The number of halogens is 1.